The van der Waals surface area contributed by atoms with Crippen LogP contribution in [0.2, 0.25) is 0 Å². The van der Waals surface area contributed by atoms with E-state index in [9.17, 15) is 19.1 Å². The van der Waals surface area contributed by atoms with Gasteiger partial charge in [0, 0.05) is 36.6 Å². The molecule has 1 saturated heterocycles. The van der Waals surface area contributed by atoms with Gasteiger partial charge in [0.05, 0.1) is 12.5 Å². The molecule has 1 fully saturated rings. The Labute approximate surface area is 203 Å². The van der Waals surface area contributed by atoms with E-state index in [1.165, 1.54) is 12.1 Å². The third kappa shape index (κ3) is 6.44. The lowest BCUT2D eigenvalue weighted by Gasteiger charge is -2.16. The van der Waals surface area contributed by atoms with Crippen molar-refractivity contribution in [1.82, 2.24) is 0 Å². The molecule has 0 saturated carbocycles. The molecule has 35 heavy (non-hydrogen) atoms. The Bertz CT molecular complexity index is 1220. The number of carboxylic acids is 1. The van der Waals surface area contributed by atoms with E-state index in [4.69, 9.17) is 10.5 Å². The van der Waals surface area contributed by atoms with Crippen molar-refractivity contribution in [3.05, 3.63) is 83.2 Å². The molecule has 0 bridgehead atoms. The normalized spacial score (nSPS) is 15.1. The number of ether oxygens (including phenoxy) is 1. The number of para-hydroxylation sites is 1. The fraction of sp³-hybridized carbons (Fsp3) is 0.259. The van der Waals surface area contributed by atoms with Crippen LogP contribution in [0.4, 0.5) is 15.8 Å². The highest BCUT2D eigenvalue weighted by atomic mass is 19.1. The van der Waals surface area contributed by atoms with E-state index in [2.05, 4.69) is 10.6 Å². The van der Waals surface area contributed by atoms with Crippen LogP contribution in [-0.2, 0) is 22.5 Å². The molecule has 0 spiro atoms. The molecule has 7 nitrogen and oxygen atoms in total. The Morgan fingerprint density at radius 2 is 1.89 bits per heavy atom. The molecule has 4 rings (SSSR count). The molecule has 3 aromatic carbocycles. The summed E-state index contributed by atoms with van der Waals surface area (Å²) < 4.78 is 19.9. The molecule has 8 heteroatoms. The lowest BCUT2D eigenvalue weighted by molar-refractivity contribution is -0.136. The molecule has 0 aliphatic carbocycles. The predicted octanol–water partition coefficient (Wildman–Crippen LogP) is 4.42. The van der Waals surface area contributed by atoms with Gasteiger partial charge in [-0.05, 0) is 77.6 Å². The first-order valence-electron chi connectivity index (χ1n) is 11.5. The number of carbonyl (C=O) groups is 2. The first-order valence-corrected chi connectivity index (χ1v) is 11.5. The van der Waals surface area contributed by atoms with Crippen molar-refractivity contribution < 1.29 is 23.8 Å². The van der Waals surface area contributed by atoms with Crippen molar-refractivity contribution in [2.24, 2.45) is 5.73 Å². The highest BCUT2D eigenvalue weighted by Gasteiger charge is 2.17. The average Bonchev–Trinajstić information content (AvgIpc) is 3.37. The first-order chi connectivity index (χ1) is 16.9. The number of anilines is 2. The van der Waals surface area contributed by atoms with Crippen LogP contribution >= 0.6 is 0 Å². The predicted molar refractivity (Wildman–Crippen MR) is 133 cm³/mol. The van der Waals surface area contributed by atoms with Gasteiger partial charge in [-0.15, -0.1) is 0 Å². The standard InChI is InChI=1S/C27H28FN3O4/c28-22-9-17(15-29)8-19(11-22)20-10-21(13-23(12-20)30-16-24-5-3-7-35-24)27(34)31-25-6-2-1-4-18(25)14-26(32)33/h1-2,4,6,8-13,24,30H,3,5,7,14-16,29H2,(H,31,34)(H,32,33)/t24-/m0/s1. The minimum Gasteiger partial charge on any atom is -0.481 e. The first kappa shape index (κ1) is 24.4. The monoisotopic (exact) mass is 477 g/mol. The van der Waals surface area contributed by atoms with E-state index in [0.717, 1.165) is 19.4 Å². The van der Waals surface area contributed by atoms with Gasteiger partial charge in [-0.3, -0.25) is 9.59 Å². The smallest absolute Gasteiger partial charge is 0.307 e. The second-order valence-electron chi connectivity index (χ2n) is 8.55. The van der Waals surface area contributed by atoms with Crippen LogP contribution in [0, 0.1) is 5.82 Å². The van der Waals surface area contributed by atoms with Gasteiger partial charge in [0.25, 0.3) is 5.91 Å². The van der Waals surface area contributed by atoms with Gasteiger partial charge in [-0.25, -0.2) is 4.39 Å². The van der Waals surface area contributed by atoms with Crippen LogP contribution in [0.1, 0.15) is 34.3 Å². The third-order valence-corrected chi connectivity index (χ3v) is 5.89. The highest BCUT2D eigenvalue weighted by molar-refractivity contribution is 6.06. The minimum absolute atomic E-state index is 0.0943. The van der Waals surface area contributed by atoms with Gasteiger partial charge in [-0.2, -0.15) is 0 Å². The summed E-state index contributed by atoms with van der Waals surface area (Å²) in [4.78, 5) is 24.4. The maximum absolute atomic E-state index is 14.2. The number of carbonyl (C=O) groups excluding carboxylic acids is 1. The number of hydrogen-bond acceptors (Lipinski definition) is 5. The Morgan fingerprint density at radius 3 is 2.63 bits per heavy atom. The molecule has 1 atom stereocenters. The summed E-state index contributed by atoms with van der Waals surface area (Å²) in [5, 5.41) is 15.3. The molecular weight excluding hydrogens is 449 g/mol. The van der Waals surface area contributed by atoms with Gasteiger partial charge in [-0.1, -0.05) is 18.2 Å². The quantitative estimate of drug-likeness (QED) is 0.363. The molecular formula is C27H28FN3O4. The molecule has 0 aromatic heterocycles. The number of nitrogens with two attached hydrogens (primary N) is 1. The molecule has 0 unspecified atom stereocenters. The van der Waals surface area contributed by atoms with Crippen molar-refractivity contribution in [1.29, 1.82) is 0 Å². The van der Waals surface area contributed by atoms with E-state index in [1.54, 1.807) is 42.5 Å². The lowest BCUT2D eigenvalue weighted by atomic mass is 9.99. The summed E-state index contributed by atoms with van der Waals surface area (Å²) in [5.74, 6) is -1.80. The number of halogens is 1. The van der Waals surface area contributed by atoms with Crippen LogP contribution in [-0.4, -0.2) is 36.2 Å². The highest BCUT2D eigenvalue weighted by Crippen LogP contribution is 2.28. The van der Waals surface area contributed by atoms with Crippen molar-refractivity contribution in [3.63, 3.8) is 0 Å². The third-order valence-electron chi connectivity index (χ3n) is 5.89. The van der Waals surface area contributed by atoms with E-state index < -0.39 is 17.7 Å². The molecule has 3 aromatic rings. The summed E-state index contributed by atoms with van der Waals surface area (Å²) >= 11 is 0. The number of amides is 1. The number of rotatable bonds is 9. The van der Waals surface area contributed by atoms with Gasteiger partial charge in [0.15, 0.2) is 0 Å². The SMILES string of the molecule is NCc1cc(F)cc(-c2cc(NC[C@@H]3CCCO3)cc(C(=O)Nc3ccccc3CC(=O)O)c2)c1. The van der Waals surface area contributed by atoms with Gasteiger partial charge in [0.1, 0.15) is 5.82 Å². The molecule has 182 valence electrons. The fourth-order valence-electron chi connectivity index (χ4n) is 4.15. The van der Waals surface area contributed by atoms with Crippen molar-refractivity contribution in [2.75, 3.05) is 23.8 Å². The molecule has 1 heterocycles. The van der Waals surface area contributed by atoms with Gasteiger partial charge in [0.2, 0.25) is 0 Å². The number of carboxylic acid groups (broad SMARTS) is 1. The van der Waals surface area contributed by atoms with Crippen LogP contribution < -0.4 is 16.4 Å². The second-order valence-corrected chi connectivity index (χ2v) is 8.55. The summed E-state index contributed by atoms with van der Waals surface area (Å²) in [6, 6.07) is 16.6. The van der Waals surface area contributed by atoms with Crippen molar-refractivity contribution in [2.45, 2.75) is 31.9 Å². The largest absolute Gasteiger partial charge is 0.481 e. The van der Waals surface area contributed by atoms with E-state index in [0.29, 0.717) is 45.7 Å². The molecule has 1 aliphatic rings. The summed E-state index contributed by atoms with van der Waals surface area (Å²) in [5.41, 5.74) is 9.60. The van der Waals surface area contributed by atoms with Crippen LogP contribution in [0.15, 0.2) is 60.7 Å². The van der Waals surface area contributed by atoms with Crippen LogP contribution in [0.3, 0.4) is 0 Å². The number of hydrogen-bond donors (Lipinski definition) is 4. The number of aliphatic carboxylic acids is 1. The number of nitrogens with one attached hydrogen (secondary N) is 2. The minimum atomic E-state index is -0.990. The molecule has 1 aliphatic heterocycles. The maximum Gasteiger partial charge on any atom is 0.307 e. The Morgan fingerprint density at radius 1 is 1.09 bits per heavy atom. The summed E-state index contributed by atoms with van der Waals surface area (Å²) in [7, 11) is 0. The molecule has 0 radical (unpaired) electrons. The van der Waals surface area contributed by atoms with E-state index >= 15 is 0 Å². The Balaban J connectivity index is 1.66. The maximum atomic E-state index is 14.2. The zero-order valence-corrected chi connectivity index (χ0v) is 19.2. The van der Waals surface area contributed by atoms with Crippen LogP contribution in [0.5, 0.6) is 0 Å². The fourth-order valence-corrected chi connectivity index (χ4v) is 4.15. The zero-order valence-electron chi connectivity index (χ0n) is 19.2. The second kappa shape index (κ2) is 11.1. The van der Waals surface area contributed by atoms with E-state index in [-0.39, 0.29) is 19.1 Å². The molecule has 1 amide bonds. The van der Waals surface area contributed by atoms with Crippen molar-refractivity contribution >= 4 is 23.3 Å². The Hall–Kier alpha value is -3.75. The van der Waals surface area contributed by atoms with Crippen LogP contribution in [0.25, 0.3) is 11.1 Å². The van der Waals surface area contributed by atoms with Gasteiger partial charge >= 0.3 is 5.97 Å². The zero-order chi connectivity index (χ0) is 24.8. The number of benzene rings is 3. The molecule has 5 N–H and O–H groups in total. The summed E-state index contributed by atoms with van der Waals surface area (Å²) in [6.45, 7) is 1.51. The van der Waals surface area contributed by atoms with Gasteiger partial charge < -0.3 is 26.2 Å². The van der Waals surface area contributed by atoms with E-state index in [1.807, 2.05) is 6.07 Å². The Kier molecular flexibility index (Phi) is 7.74. The summed E-state index contributed by atoms with van der Waals surface area (Å²) in [6.07, 6.45) is 1.86. The lowest BCUT2D eigenvalue weighted by Crippen LogP contribution is -2.19. The van der Waals surface area contributed by atoms with Crippen molar-refractivity contribution in [3.8, 4) is 11.1 Å². The average molecular weight is 478 g/mol. The topological polar surface area (TPSA) is 114 Å².